The van der Waals surface area contributed by atoms with E-state index < -0.39 is 5.82 Å². The monoisotopic (exact) mass is 268 g/mol. The molecule has 0 fully saturated rings. The van der Waals surface area contributed by atoms with Gasteiger partial charge in [0.1, 0.15) is 11.6 Å². The van der Waals surface area contributed by atoms with Crippen molar-refractivity contribution in [2.24, 2.45) is 5.73 Å². The molecule has 0 atom stereocenters. The van der Waals surface area contributed by atoms with Crippen LogP contribution >= 0.6 is 11.6 Å². The second kappa shape index (κ2) is 5.04. The first kappa shape index (κ1) is 13.0. The van der Waals surface area contributed by atoms with Crippen LogP contribution in [0.4, 0.5) is 4.39 Å². The summed E-state index contributed by atoms with van der Waals surface area (Å²) in [6.45, 7) is 4.28. The highest BCUT2D eigenvalue weighted by atomic mass is 35.5. The molecule has 0 amide bonds. The summed E-state index contributed by atoms with van der Waals surface area (Å²) in [7, 11) is 0. The van der Waals surface area contributed by atoms with Gasteiger partial charge in [0.05, 0.1) is 17.3 Å². The molecule has 0 unspecified atom stereocenters. The van der Waals surface area contributed by atoms with Gasteiger partial charge in [0, 0.05) is 5.92 Å². The maximum atomic E-state index is 13.1. The number of nitrogens with two attached hydrogens (primary N) is 1. The van der Waals surface area contributed by atoms with E-state index >= 15 is 0 Å². The number of aromatic nitrogens is 3. The number of hydrogen-bond acceptors (Lipinski definition) is 3. The highest BCUT2D eigenvalue weighted by Gasteiger charge is 2.14. The van der Waals surface area contributed by atoms with E-state index in [0.717, 1.165) is 5.82 Å². The first-order chi connectivity index (χ1) is 8.52. The van der Waals surface area contributed by atoms with Crippen LogP contribution in [0.3, 0.4) is 0 Å². The van der Waals surface area contributed by atoms with E-state index in [1.54, 1.807) is 10.7 Å². The van der Waals surface area contributed by atoms with Gasteiger partial charge in [0.15, 0.2) is 5.82 Å². The molecule has 1 heterocycles. The predicted molar refractivity (Wildman–Crippen MR) is 68.3 cm³/mol. The first-order valence-corrected chi connectivity index (χ1v) is 6.02. The normalized spacial score (nSPS) is 11.2. The fourth-order valence-electron chi connectivity index (χ4n) is 1.64. The van der Waals surface area contributed by atoms with Crippen LogP contribution in [0.1, 0.15) is 31.4 Å². The van der Waals surface area contributed by atoms with Crippen molar-refractivity contribution in [1.29, 1.82) is 0 Å². The van der Waals surface area contributed by atoms with Crippen molar-refractivity contribution in [3.05, 3.63) is 40.7 Å². The SMILES string of the molecule is CC(C)c1nc(CN)nn1-c1ccc(F)c(Cl)c1. The lowest BCUT2D eigenvalue weighted by atomic mass is 10.2. The Balaban J connectivity index is 2.54. The number of rotatable bonds is 3. The van der Waals surface area contributed by atoms with Gasteiger partial charge in [0.25, 0.3) is 0 Å². The van der Waals surface area contributed by atoms with Crippen LogP contribution in [0.25, 0.3) is 5.69 Å². The molecule has 2 aromatic rings. The van der Waals surface area contributed by atoms with Gasteiger partial charge >= 0.3 is 0 Å². The number of nitrogens with zero attached hydrogens (tertiary/aromatic N) is 3. The lowest BCUT2D eigenvalue weighted by molar-refractivity contribution is 0.626. The molecular formula is C12H14ClFN4. The van der Waals surface area contributed by atoms with Gasteiger partial charge in [-0.3, -0.25) is 0 Å². The van der Waals surface area contributed by atoms with Gasteiger partial charge < -0.3 is 5.73 Å². The molecule has 1 aromatic carbocycles. The highest BCUT2D eigenvalue weighted by Crippen LogP contribution is 2.22. The average Bonchev–Trinajstić information content (AvgIpc) is 2.77. The fourth-order valence-corrected chi connectivity index (χ4v) is 1.81. The van der Waals surface area contributed by atoms with E-state index in [4.69, 9.17) is 17.3 Å². The second-order valence-electron chi connectivity index (χ2n) is 4.26. The lowest BCUT2D eigenvalue weighted by Gasteiger charge is -2.08. The zero-order chi connectivity index (χ0) is 13.3. The van der Waals surface area contributed by atoms with E-state index in [9.17, 15) is 4.39 Å². The standard InChI is InChI=1S/C12H14ClFN4/c1-7(2)12-16-11(6-15)17-18(12)8-3-4-10(14)9(13)5-8/h3-5,7H,6,15H2,1-2H3. The largest absolute Gasteiger partial charge is 0.324 e. The van der Waals surface area contributed by atoms with Gasteiger partial charge in [-0.1, -0.05) is 25.4 Å². The molecule has 96 valence electrons. The maximum Gasteiger partial charge on any atom is 0.164 e. The molecule has 0 saturated carbocycles. The van der Waals surface area contributed by atoms with Crippen LogP contribution in [0.5, 0.6) is 0 Å². The van der Waals surface area contributed by atoms with Gasteiger partial charge in [0.2, 0.25) is 0 Å². The number of hydrogen-bond donors (Lipinski definition) is 1. The van der Waals surface area contributed by atoms with Gasteiger partial charge in [-0.15, -0.1) is 5.10 Å². The molecule has 6 heteroatoms. The van der Waals surface area contributed by atoms with Crippen molar-refractivity contribution in [3.8, 4) is 5.69 Å². The Morgan fingerprint density at radius 2 is 2.17 bits per heavy atom. The van der Waals surface area contributed by atoms with E-state index in [-0.39, 0.29) is 17.5 Å². The van der Waals surface area contributed by atoms with E-state index in [1.165, 1.54) is 12.1 Å². The van der Waals surface area contributed by atoms with Gasteiger partial charge in [-0.2, -0.15) is 0 Å². The summed E-state index contributed by atoms with van der Waals surface area (Å²) in [6, 6.07) is 4.45. The summed E-state index contributed by atoms with van der Waals surface area (Å²) in [5.74, 6) is 1.06. The van der Waals surface area contributed by atoms with Gasteiger partial charge in [-0.05, 0) is 18.2 Å². The molecule has 0 bridgehead atoms. The Morgan fingerprint density at radius 3 is 2.72 bits per heavy atom. The minimum absolute atomic E-state index is 0.0620. The number of benzene rings is 1. The Kier molecular flexibility index (Phi) is 3.63. The molecule has 0 spiro atoms. The lowest BCUT2D eigenvalue weighted by Crippen LogP contribution is -2.05. The predicted octanol–water partition coefficient (Wildman–Crippen LogP) is 2.64. The third kappa shape index (κ3) is 2.37. The van der Waals surface area contributed by atoms with Crippen LogP contribution in [-0.4, -0.2) is 14.8 Å². The Bertz CT molecular complexity index is 565. The summed E-state index contributed by atoms with van der Waals surface area (Å²) in [4.78, 5) is 4.35. The van der Waals surface area contributed by atoms with Crippen LogP contribution in [0, 0.1) is 5.82 Å². The van der Waals surface area contributed by atoms with Crippen molar-refractivity contribution in [3.63, 3.8) is 0 Å². The molecule has 2 N–H and O–H groups in total. The molecule has 0 aliphatic rings. The molecule has 1 aromatic heterocycles. The van der Waals surface area contributed by atoms with Gasteiger partial charge in [-0.25, -0.2) is 14.1 Å². The topological polar surface area (TPSA) is 56.7 Å². The molecule has 4 nitrogen and oxygen atoms in total. The Hall–Kier alpha value is -1.46. The zero-order valence-corrected chi connectivity index (χ0v) is 10.9. The molecule has 0 saturated heterocycles. The molecule has 18 heavy (non-hydrogen) atoms. The van der Waals surface area contributed by atoms with Crippen LogP contribution in [0.15, 0.2) is 18.2 Å². The molecule has 2 rings (SSSR count). The zero-order valence-electron chi connectivity index (χ0n) is 10.2. The van der Waals surface area contributed by atoms with Crippen molar-refractivity contribution in [1.82, 2.24) is 14.8 Å². The average molecular weight is 269 g/mol. The van der Waals surface area contributed by atoms with Crippen molar-refractivity contribution >= 4 is 11.6 Å². The van der Waals surface area contributed by atoms with E-state index in [2.05, 4.69) is 10.1 Å². The maximum absolute atomic E-state index is 13.1. The van der Waals surface area contributed by atoms with Crippen molar-refractivity contribution < 1.29 is 4.39 Å². The summed E-state index contributed by atoms with van der Waals surface area (Å²) in [5, 5.41) is 4.35. The Morgan fingerprint density at radius 1 is 1.44 bits per heavy atom. The minimum atomic E-state index is -0.453. The summed E-state index contributed by atoms with van der Waals surface area (Å²) in [5.41, 5.74) is 6.22. The summed E-state index contributed by atoms with van der Waals surface area (Å²) >= 11 is 5.78. The van der Waals surface area contributed by atoms with Crippen LogP contribution < -0.4 is 5.73 Å². The first-order valence-electron chi connectivity index (χ1n) is 5.64. The van der Waals surface area contributed by atoms with Crippen molar-refractivity contribution in [2.75, 3.05) is 0 Å². The second-order valence-corrected chi connectivity index (χ2v) is 4.66. The molecule has 0 aliphatic carbocycles. The van der Waals surface area contributed by atoms with Crippen LogP contribution in [-0.2, 0) is 6.54 Å². The van der Waals surface area contributed by atoms with E-state index in [0.29, 0.717) is 11.5 Å². The quantitative estimate of drug-likeness (QED) is 0.931. The Labute approximate surface area is 110 Å². The minimum Gasteiger partial charge on any atom is -0.324 e. The fraction of sp³-hybridized carbons (Fsp3) is 0.333. The molecular weight excluding hydrogens is 255 g/mol. The summed E-state index contributed by atoms with van der Waals surface area (Å²) < 4.78 is 14.8. The van der Waals surface area contributed by atoms with Crippen LogP contribution in [0.2, 0.25) is 5.02 Å². The smallest absolute Gasteiger partial charge is 0.164 e. The molecule has 0 aliphatic heterocycles. The summed E-state index contributed by atoms with van der Waals surface area (Å²) in [6.07, 6.45) is 0. The highest BCUT2D eigenvalue weighted by molar-refractivity contribution is 6.30. The number of halogens is 2. The third-order valence-electron chi connectivity index (χ3n) is 2.52. The van der Waals surface area contributed by atoms with E-state index in [1.807, 2.05) is 13.8 Å². The third-order valence-corrected chi connectivity index (χ3v) is 2.81. The molecule has 0 radical (unpaired) electrons. The van der Waals surface area contributed by atoms with Crippen molar-refractivity contribution in [2.45, 2.75) is 26.3 Å².